The average Bonchev–Trinajstić information content (AvgIpc) is 2.71. The van der Waals surface area contributed by atoms with Gasteiger partial charge >= 0.3 is 6.09 Å². The number of rotatable bonds is 5. The van der Waals surface area contributed by atoms with Crippen LogP contribution < -0.4 is 4.74 Å². The third-order valence-corrected chi connectivity index (χ3v) is 6.53. The molecular formula is C24H32N2O5S. The zero-order chi connectivity index (χ0) is 23.5. The largest absolute Gasteiger partial charge is 0.487 e. The topological polar surface area (TPSA) is 85.8 Å². The minimum Gasteiger partial charge on any atom is -0.487 e. The number of likely N-dealkylation sites (tertiary alicyclic amines) is 1. The van der Waals surface area contributed by atoms with Gasteiger partial charge in [0.25, 0.3) is 0 Å². The zero-order valence-corrected chi connectivity index (χ0v) is 20.2. The Morgan fingerprint density at radius 2 is 1.84 bits per heavy atom. The lowest BCUT2D eigenvalue weighted by Gasteiger charge is -2.33. The van der Waals surface area contributed by atoms with Gasteiger partial charge in [0, 0.05) is 25.5 Å². The SMILES string of the molecule is Cc1cc(S(C)(=O)=O)ccc1OCc1ccc(C2CCN(C(=O)OC(C)(C)C)CC2)cn1. The summed E-state index contributed by atoms with van der Waals surface area (Å²) in [5, 5.41) is 0. The number of hydrogen-bond donors (Lipinski definition) is 0. The molecule has 1 saturated heterocycles. The van der Waals surface area contributed by atoms with Crippen molar-refractivity contribution in [2.24, 2.45) is 0 Å². The van der Waals surface area contributed by atoms with E-state index >= 15 is 0 Å². The Morgan fingerprint density at radius 3 is 2.38 bits per heavy atom. The van der Waals surface area contributed by atoms with Crippen molar-refractivity contribution >= 4 is 15.9 Å². The van der Waals surface area contributed by atoms with Crippen molar-refractivity contribution in [1.29, 1.82) is 0 Å². The van der Waals surface area contributed by atoms with Crippen LogP contribution in [0.3, 0.4) is 0 Å². The minimum absolute atomic E-state index is 0.249. The number of ether oxygens (including phenoxy) is 2. The number of carbonyl (C=O) groups is 1. The van der Waals surface area contributed by atoms with E-state index in [2.05, 4.69) is 11.1 Å². The molecule has 32 heavy (non-hydrogen) atoms. The number of hydrogen-bond acceptors (Lipinski definition) is 6. The summed E-state index contributed by atoms with van der Waals surface area (Å²) in [4.78, 5) is 18.8. The molecule has 7 nitrogen and oxygen atoms in total. The Morgan fingerprint density at radius 1 is 1.16 bits per heavy atom. The highest BCUT2D eigenvalue weighted by molar-refractivity contribution is 7.90. The van der Waals surface area contributed by atoms with E-state index in [1.54, 1.807) is 23.1 Å². The predicted octanol–water partition coefficient (Wildman–Crippen LogP) is 4.49. The summed E-state index contributed by atoms with van der Waals surface area (Å²) in [5.74, 6) is 1.000. The highest BCUT2D eigenvalue weighted by Gasteiger charge is 2.27. The van der Waals surface area contributed by atoms with Crippen LogP contribution in [0.25, 0.3) is 0 Å². The normalized spacial score (nSPS) is 15.5. The Labute approximate surface area is 190 Å². The average molecular weight is 461 g/mol. The number of aromatic nitrogens is 1. The summed E-state index contributed by atoms with van der Waals surface area (Å²) in [5.41, 5.74) is 2.24. The molecule has 1 aromatic heterocycles. The van der Waals surface area contributed by atoms with Crippen molar-refractivity contribution in [2.45, 2.75) is 63.6 Å². The molecule has 0 N–H and O–H groups in total. The molecule has 0 aliphatic carbocycles. The lowest BCUT2D eigenvalue weighted by atomic mass is 9.90. The van der Waals surface area contributed by atoms with Gasteiger partial charge in [-0.05, 0) is 81.8 Å². The number of nitrogens with zero attached hydrogens (tertiary/aromatic N) is 2. The molecule has 0 bridgehead atoms. The summed E-state index contributed by atoms with van der Waals surface area (Å²) in [6, 6.07) is 8.87. The van der Waals surface area contributed by atoms with Gasteiger partial charge in [-0.15, -0.1) is 0 Å². The van der Waals surface area contributed by atoms with Crippen LogP contribution >= 0.6 is 0 Å². The Hall–Kier alpha value is -2.61. The first-order chi connectivity index (χ1) is 14.9. The standard InChI is InChI=1S/C24H32N2O5S/c1-17-14-21(32(5,28)29)8-9-22(17)30-16-20-7-6-19(15-25-20)18-10-12-26(13-11-18)23(27)31-24(2,3)4/h6-9,14-15,18H,10-13,16H2,1-5H3. The molecule has 2 aromatic rings. The summed E-state index contributed by atoms with van der Waals surface area (Å²) < 4.78 is 34.6. The van der Waals surface area contributed by atoms with E-state index in [4.69, 9.17) is 9.47 Å². The van der Waals surface area contributed by atoms with Gasteiger partial charge in [0.15, 0.2) is 9.84 Å². The lowest BCUT2D eigenvalue weighted by Crippen LogP contribution is -2.41. The zero-order valence-electron chi connectivity index (χ0n) is 19.4. The number of amides is 1. The second-order valence-corrected chi connectivity index (χ2v) is 11.3. The summed E-state index contributed by atoms with van der Waals surface area (Å²) in [7, 11) is -3.24. The monoisotopic (exact) mass is 460 g/mol. The molecule has 174 valence electrons. The number of aryl methyl sites for hydroxylation is 1. The molecule has 2 heterocycles. The molecule has 0 saturated carbocycles. The molecule has 1 aromatic carbocycles. The minimum atomic E-state index is -3.24. The van der Waals surface area contributed by atoms with Crippen LogP contribution in [-0.4, -0.2) is 49.3 Å². The van der Waals surface area contributed by atoms with Crippen molar-refractivity contribution in [2.75, 3.05) is 19.3 Å². The van der Waals surface area contributed by atoms with Gasteiger partial charge < -0.3 is 14.4 Å². The van der Waals surface area contributed by atoms with E-state index in [0.717, 1.165) is 29.7 Å². The highest BCUT2D eigenvalue weighted by Crippen LogP contribution is 2.29. The van der Waals surface area contributed by atoms with Gasteiger partial charge in [-0.2, -0.15) is 0 Å². The van der Waals surface area contributed by atoms with Gasteiger partial charge in [-0.25, -0.2) is 13.2 Å². The number of sulfone groups is 1. The first-order valence-electron chi connectivity index (χ1n) is 10.8. The Balaban J connectivity index is 1.53. The Bertz CT molecular complexity index is 1050. The molecule has 8 heteroatoms. The number of piperidine rings is 1. The molecule has 1 aliphatic rings. The van der Waals surface area contributed by atoms with E-state index in [1.807, 2.05) is 40.0 Å². The van der Waals surface area contributed by atoms with E-state index in [0.29, 0.717) is 31.4 Å². The van der Waals surface area contributed by atoms with Crippen molar-refractivity contribution in [3.63, 3.8) is 0 Å². The molecule has 1 amide bonds. The van der Waals surface area contributed by atoms with Crippen LogP contribution in [0.1, 0.15) is 56.4 Å². The van der Waals surface area contributed by atoms with E-state index in [9.17, 15) is 13.2 Å². The van der Waals surface area contributed by atoms with Crippen molar-refractivity contribution in [3.8, 4) is 5.75 Å². The second-order valence-electron chi connectivity index (χ2n) is 9.31. The van der Waals surface area contributed by atoms with Crippen LogP contribution in [-0.2, 0) is 21.2 Å². The van der Waals surface area contributed by atoms with E-state index in [1.165, 1.54) is 6.26 Å². The highest BCUT2D eigenvalue weighted by atomic mass is 32.2. The third-order valence-electron chi connectivity index (χ3n) is 5.42. The second kappa shape index (κ2) is 9.48. The number of carbonyl (C=O) groups excluding carboxylic acids is 1. The van der Waals surface area contributed by atoms with Gasteiger partial charge in [-0.1, -0.05) is 6.07 Å². The maximum Gasteiger partial charge on any atom is 0.410 e. The van der Waals surface area contributed by atoms with E-state index in [-0.39, 0.29) is 11.0 Å². The van der Waals surface area contributed by atoms with Gasteiger partial charge in [0.05, 0.1) is 10.6 Å². The van der Waals surface area contributed by atoms with Crippen LogP contribution in [0.2, 0.25) is 0 Å². The first-order valence-corrected chi connectivity index (χ1v) is 12.7. The Kier molecular flexibility index (Phi) is 7.12. The third kappa shape index (κ3) is 6.45. The molecule has 0 unspecified atom stereocenters. The lowest BCUT2D eigenvalue weighted by molar-refractivity contribution is 0.0204. The fourth-order valence-electron chi connectivity index (χ4n) is 3.65. The number of pyridine rings is 1. The quantitative estimate of drug-likeness (QED) is 0.654. The molecule has 0 spiro atoms. The van der Waals surface area contributed by atoms with Crippen LogP contribution in [0, 0.1) is 6.92 Å². The molecule has 3 rings (SSSR count). The van der Waals surface area contributed by atoms with Gasteiger partial charge in [-0.3, -0.25) is 4.98 Å². The maximum absolute atomic E-state index is 12.2. The molecular weight excluding hydrogens is 428 g/mol. The molecule has 0 radical (unpaired) electrons. The van der Waals surface area contributed by atoms with Crippen LogP contribution in [0.4, 0.5) is 4.79 Å². The maximum atomic E-state index is 12.2. The van der Waals surface area contributed by atoms with E-state index < -0.39 is 15.4 Å². The first kappa shape index (κ1) is 24.0. The van der Waals surface area contributed by atoms with Crippen molar-refractivity contribution < 1.29 is 22.7 Å². The van der Waals surface area contributed by atoms with Crippen molar-refractivity contribution in [1.82, 2.24) is 9.88 Å². The predicted molar refractivity (Wildman–Crippen MR) is 123 cm³/mol. The smallest absolute Gasteiger partial charge is 0.410 e. The van der Waals surface area contributed by atoms with Crippen LogP contribution in [0.15, 0.2) is 41.4 Å². The van der Waals surface area contributed by atoms with Crippen LogP contribution in [0.5, 0.6) is 5.75 Å². The fourth-order valence-corrected chi connectivity index (χ4v) is 4.36. The van der Waals surface area contributed by atoms with Crippen molar-refractivity contribution in [3.05, 3.63) is 53.3 Å². The molecule has 1 aliphatic heterocycles. The molecule has 1 fully saturated rings. The van der Waals surface area contributed by atoms with Gasteiger partial charge in [0.1, 0.15) is 18.0 Å². The number of benzene rings is 1. The summed E-state index contributed by atoms with van der Waals surface area (Å²) in [6.45, 7) is 9.10. The summed E-state index contributed by atoms with van der Waals surface area (Å²) >= 11 is 0. The van der Waals surface area contributed by atoms with Gasteiger partial charge in [0.2, 0.25) is 0 Å². The summed E-state index contributed by atoms with van der Waals surface area (Å²) in [6.07, 6.45) is 4.58. The fraction of sp³-hybridized carbons (Fsp3) is 0.500. The molecule has 0 atom stereocenters.